The van der Waals surface area contributed by atoms with Crippen molar-refractivity contribution < 1.29 is 4.79 Å². The van der Waals surface area contributed by atoms with Crippen LogP contribution in [0.15, 0.2) is 4.34 Å². The predicted molar refractivity (Wildman–Crippen MR) is 60.8 cm³/mol. The Hall–Kier alpha value is -0.820. The number of hydrogen-bond acceptors (Lipinski definition) is 6. The highest BCUT2D eigenvalue weighted by Gasteiger charge is 2.26. The molecule has 1 heterocycles. The van der Waals surface area contributed by atoms with Gasteiger partial charge in [0.05, 0.1) is 5.25 Å². The maximum absolute atomic E-state index is 11.6. The molecule has 1 fully saturated rings. The number of hydrogen-bond donors (Lipinski definition) is 2. The summed E-state index contributed by atoms with van der Waals surface area (Å²) in [5.41, 5.74) is 5.45. The fourth-order valence-corrected chi connectivity index (χ4v) is 2.81. The molecule has 15 heavy (non-hydrogen) atoms. The van der Waals surface area contributed by atoms with Crippen molar-refractivity contribution in [3.8, 4) is 0 Å². The molecule has 0 radical (unpaired) electrons. The average molecular weight is 244 g/mol. The van der Waals surface area contributed by atoms with Crippen molar-refractivity contribution in [1.82, 2.24) is 15.5 Å². The molecule has 1 aromatic heterocycles. The number of anilines is 1. The minimum absolute atomic E-state index is 0.0660. The lowest BCUT2D eigenvalue weighted by molar-refractivity contribution is -0.120. The second-order valence-corrected chi connectivity index (χ2v) is 6.05. The molecule has 1 amide bonds. The lowest BCUT2D eigenvalue weighted by Gasteiger charge is -2.08. The Labute approximate surface area is 95.8 Å². The molecule has 82 valence electrons. The Balaban J connectivity index is 1.84. The number of carbonyl (C=O) groups is 1. The van der Waals surface area contributed by atoms with Gasteiger partial charge in [0.2, 0.25) is 11.0 Å². The molecule has 0 aliphatic heterocycles. The summed E-state index contributed by atoms with van der Waals surface area (Å²) in [7, 11) is 0. The van der Waals surface area contributed by atoms with Gasteiger partial charge in [0.25, 0.3) is 0 Å². The molecule has 1 aliphatic carbocycles. The highest BCUT2D eigenvalue weighted by molar-refractivity contribution is 8.02. The van der Waals surface area contributed by atoms with E-state index in [9.17, 15) is 4.79 Å². The van der Waals surface area contributed by atoms with Crippen LogP contribution in [-0.2, 0) is 4.79 Å². The van der Waals surface area contributed by atoms with Gasteiger partial charge in [0.15, 0.2) is 4.34 Å². The van der Waals surface area contributed by atoms with E-state index in [1.165, 1.54) is 23.1 Å². The first-order valence-electron chi connectivity index (χ1n) is 4.71. The van der Waals surface area contributed by atoms with Crippen molar-refractivity contribution in [3.63, 3.8) is 0 Å². The van der Waals surface area contributed by atoms with Crippen LogP contribution < -0.4 is 11.1 Å². The molecule has 0 saturated heterocycles. The monoisotopic (exact) mass is 244 g/mol. The lowest BCUT2D eigenvalue weighted by Crippen LogP contribution is -2.32. The summed E-state index contributed by atoms with van der Waals surface area (Å²) in [6.45, 7) is 1.86. The molecule has 7 heteroatoms. The SMILES string of the molecule is CC(Sc1nnc(N)s1)C(=O)NC1CC1. The van der Waals surface area contributed by atoms with Gasteiger partial charge in [-0.25, -0.2) is 0 Å². The molecule has 0 bridgehead atoms. The van der Waals surface area contributed by atoms with Gasteiger partial charge < -0.3 is 11.1 Å². The van der Waals surface area contributed by atoms with E-state index in [1.54, 1.807) is 0 Å². The zero-order chi connectivity index (χ0) is 10.8. The van der Waals surface area contributed by atoms with Gasteiger partial charge in [-0.3, -0.25) is 4.79 Å². The lowest BCUT2D eigenvalue weighted by atomic mass is 10.4. The van der Waals surface area contributed by atoms with Crippen molar-refractivity contribution in [2.45, 2.75) is 35.4 Å². The van der Waals surface area contributed by atoms with Crippen LogP contribution in [0.4, 0.5) is 5.13 Å². The Bertz CT molecular complexity index is 363. The molecular formula is C8H12N4OS2. The highest BCUT2D eigenvalue weighted by Crippen LogP contribution is 2.28. The molecule has 1 aliphatic rings. The molecule has 2 rings (SSSR count). The van der Waals surface area contributed by atoms with Crippen molar-refractivity contribution in [3.05, 3.63) is 0 Å². The van der Waals surface area contributed by atoms with Crippen molar-refractivity contribution >= 4 is 34.1 Å². The summed E-state index contributed by atoms with van der Waals surface area (Å²) in [4.78, 5) is 11.6. The first-order chi connectivity index (χ1) is 7.15. The van der Waals surface area contributed by atoms with Gasteiger partial charge in [-0.05, 0) is 19.8 Å². The molecule has 5 nitrogen and oxygen atoms in total. The Morgan fingerprint density at radius 1 is 1.67 bits per heavy atom. The number of rotatable bonds is 4. The van der Waals surface area contributed by atoms with Gasteiger partial charge in [-0.15, -0.1) is 10.2 Å². The Kier molecular flexibility index (Phi) is 3.11. The second kappa shape index (κ2) is 4.36. The third kappa shape index (κ3) is 3.07. The maximum atomic E-state index is 11.6. The summed E-state index contributed by atoms with van der Waals surface area (Å²) < 4.78 is 0.742. The number of nitrogens with two attached hydrogens (primary N) is 1. The van der Waals surface area contributed by atoms with E-state index in [1.807, 2.05) is 6.92 Å². The molecule has 1 saturated carbocycles. The number of nitrogens with zero attached hydrogens (tertiary/aromatic N) is 2. The number of amides is 1. The van der Waals surface area contributed by atoms with Crippen molar-refractivity contribution in [2.75, 3.05) is 5.73 Å². The summed E-state index contributed by atoms with van der Waals surface area (Å²) in [5, 5.41) is 10.8. The first kappa shape index (κ1) is 10.7. The summed E-state index contributed by atoms with van der Waals surface area (Å²) in [6, 6.07) is 0.403. The van der Waals surface area contributed by atoms with E-state index >= 15 is 0 Å². The number of carbonyl (C=O) groups excluding carboxylic acids is 1. The van der Waals surface area contributed by atoms with Crippen LogP contribution in [0.1, 0.15) is 19.8 Å². The van der Waals surface area contributed by atoms with E-state index in [-0.39, 0.29) is 11.2 Å². The third-order valence-corrected chi connectivity index (χ3v) is 3.93. The largest absolute Gasteiger partial charge is 0.374 e. The van der Waals surface area contributed by atoms with Gasteiger partial charge in [0, 0.05) is 6.04 Å². The molecular weight excluding hydrogens is 232 g/mol. The predicted octanol–water partition coefficient (Wildman–Crippen LogP) is 0.879. The molecule has 1 unspecified atom stereocenters. The van der Waals surface area contributed by atoms with E-state index < -0.39 is 0 Å². The van der Waals surface area contributed by atoms with Crippen LogP contribution in [0.2, 0.25) is 0 Å². The molecule has 3 N–H and O–H groups in total. The molecule has 0 spiro atoms. The third-order valence-electron chi connectivity index (χ3n) is 1.99. The maximum Gasteiger partial charge on any atom is 0.233 e. The summed E-state index contributed by atoms with van der Waals surface area (Å²) >= 11 is 2.70. The minimum Gasteiger partial charge on any atom is -0.374 e. The molecule has 1 atom stereocenters. The van der Waals surface area contributed by atoms with Gasteiger partial charge in [0.1, 0.15) is 0 Å². The number of thioether (sulfide) groups is 1. The first-order valence-corrected chi connectivity index (χ1v) is 6.41. The number of nitrogen functional groups attached to an aromatic ring is 1. The van der Waals surface area contributed by atoms with Crippen molar-refractivity contribution in [2.24, 2.45) is 0 Å². The van der Waals surface area contributed by atoms with Gasteiger partial charge in [-0.1, -0.05) is 23.1 Å². The Morgan fingerprint density at radius 3 is 2.93 bits per heavy atom. The fraction of sp³-hybridized carbons (Fsp3) is 0.625. The highest BCUT2D eigenvalue weighted by atomic mass is 32.2. The van der Waals surface area contributed by atoms with Crippen molar-refractivity contribution in [1.29, 1.82) is 0 Å². The molecule has 1 aromatic rings. The standard InChI is InChI=1S/C8H12N4OS2/c1-4(6(13)10-5-2-3-5)14-8-12-11-7(9)15-8/h4-5H,2-3H2,1H3,(H2,9,11)(H,10,13). The van der Waals surface area contributed by atoms with Crippen LogP contribution in [0.5, 0.6) is 0 Å². The zero-order valence-electron chi connectivity index (χ0n) is 8.27. The second-order valence-electron chi connectivity index (χ2n) is 3.45. The zero-order valence-corrected chi connectivity index (χ0v) is 9.90. The van der Waals surface area contributed by atoms with Crippen LogP contribution >= 0.6 is 23.1 Å². The van der Waals surface area contributed by atoms with E-state index in [0.29, 0.717) is 11.2 Å². The average Bonchev–Trinajstić information content (AvgIpc) is 2.90. The van der Waals surface area contributed by atoms with Crippen LogP contribution in [0, 0.1) is 0 Å². The van der Waals surface area contributed by atoms with Crippen LogP contribution in [0.3, 0.4) is 0 Å². The van der Waals surface area contributed by atoms with Crippen LogP contribution in [-0.4, -0.2) is 27.4 Å². The van der Waals surface area contributed by atoms with Gasteiger partial charge >= 0.3 is 0 Å². The van der Waals surface area contributed by atoms with E-state index in [4.69, 9.17) is 5.73 Å². The normalized spacial score (nSPS) is 17.4. The number of aromatic nitrogens is 2. The molecule has 0 aromatic carbocycles. The van der Waals surface area contributed by atoms with E-state index in [0.717, 1.165) is 17.2 Å². The fourth-order valence-electron chi connectivity index (χ4n) is 1.02. The van der Waals surface area contributed by atoms with Crippen LogP contribution in [0.25, 0.3) is 0 Å². The minimum atomic E-state index is -0.141. The smallest absolute Gasteiger partial charge is 0.233 e. The van der Waals surface area contributed by atoms with Gasteiger partial charge in [-0.2, -0.15) is 0 Å². The summed E-state index contributed by atoms with van der Waals surface area (Å²) in [6.07, 6.45) is 2.21. The number of nitrogens with one attached hydrogen (secondary N) is 1. The Morgan fingerprint density at radius 2 is 2.40 bits per heavy atom. The van der Waals surface area contributed by atoms with E-state index in [2.05, 4.69) is 15.5 Å². The topological polar surface area (TPSA) is 80.9 Å². The quantitative estimate of drug-likeness (QED) is 0.768. The summed E-state index contributed by atoms with van der Waals surface area (Å²) in [5.74, 6) is 0.0660.